The fourth-order valence-electron chi connectivity index (χ4n) is 6.00. The van der Waals surface area contributed by atoms with Crippen LogP contribution in [0.15, 0.2) is 152 Å². The summed E-state index contributed by atoms with van der Waals surface area (Å²) >= 11 is 0. The summed E-state index contributed by atoms with van der Waals surface area (Å²) in [5.41, 5.74) is 3.32. The van der Waals surface area contributed by atoms with Crippen LogP contribution in [0.3, 0.4) is 0 Å². The second-order valence-corrected chi connectivity index (χ2v) is 16.4. The van der Waals surface area contributed by atoms with Crippen LogP contribution >= 0.6 is 7.82 Å². The van der Waals surface area contributed by atoms with Gasteiger partial charge in [-0.05, 0) is 48.6 Å². The lowest BCUT2D eigenvalue weighted by Gasteiger charge is -2.46. The van der Waals surface area contributed by atoms with Crippen LogP contribution in [0.25, 0.3) is 0 Å². The van der Waals surface area contributed by atoms with Gasteiger partial charge in [-0.3, -0.25) is 18.4 Å². The van der Waals surface area contributed by atoms with Crippen LogP contribution in [-0.4, -0.2) is 43.3 Å². The fraction of sp³-hybridized carbons (Fsp3) is 0.326. The van der Waals surface area contributed by atoms with E-state index in [-0.39, 0.29) is 39.6 Å². The predicted octanol–water partition coefficient (Wildman–Crippen LogP) is 9.62. The number of ether oxygens (including phenoxy) is 5. The fourth-order valence-corrected chi connectivity index (χ4v) is 7.23. The monoisotopic (exact) mass is 794 g/mol. The lowest BCUT2D eigenvalue weighted by Crippen LogP contribution is -2.62. The van der Waals surface area contributed by atoms with E-state index < -0.39 is 49.9 Å². The molecule has 5 atom stereocenters. The van der Waals surface area contributed by atoms with Gasteiger partial charge in [-0.15, -0.1) is 0 Å². The summed E-state index contributed by atoms with van der Waals surface area (Å²) in [5, 5.41) is 0. The molecule has 300 valence electrons. The molecule has 0 saturated carbocycles. The van der Waals surface area contributed by atoms with E-state index in [0.29, 0.717) is 0 Å². The minimum absolute atomic E-state index is 0.0272. The van der Waals surface area contributed by atoms with Crippen molar-refractivity contribution >= 4 is 13.8 Å². The second kappa shape index (κ2) is 20.8. The standard InChI is InChI=1S/C46H51O10P/c1-46(2,3)45(47)55-43-42(51-31-37-23-13-6-14-24-37)41(50-30-36-21-11-5-12-22-36)40(34-49-29-35-19-9-4-10-20-35)54-44(43)56-57(48,52-32-38-25-15-7-16-26-38)53-33-39-27-17-8-18-28-39/h4-28,40-44H,29-34H2,1-3H3/t40?,41-,42?,43+,44?/m1/s1. The Morgan fingerprint density at radius 2 is 0.930 bits per heavy atom. The molecule has 1 aliphatic heterocycles. The van der Waals surface area contributed by atoms with Crippen molar-refractivity contribution in [2.75, 3.05) is 6.61 Å². The predicted molar refractivity (Wildman–Crippen MR) is 215 cm³/mol. The molecule has 0 aliphatic carbocycles. The van der Waals surface area contributed by atoms with Crippen LogP contribution < -0.4 is 0 Å². The maximum absolute atomic E-state index is 14.8. The molecule has 0 N–H and O–H groups in total. The molecule has 0 amide bonds. The number of benzene rings is 5. The van der Waals surface area contributed by atoms with Crippen LogP contribution in [0.4, 0.5) is 0 Å². The molecule has 6 rings (SSSR count). The Hall–Kier alpha value is -4.48. The van der Waals surface area contributed by atoms with E-state index in [1.165, 1.54) is 0 Å². The molecule has 11 heteroatoms. The summed E-state index contributed by atoms with van der Waals surface area (Å²) in [5.74, 6) is -0.552. The highest BCUT2D eigenvalue weighted by molar-refractivity contribution is 7.48. The Kier molecular flexibility index (Phi) is 15.4. The molecule has 10 nitrogen and oxygen atoms in total. The zero-order valence-electron chi connectivity index (χ0n) is 32.6. The minimum Gasteiger partial charge on any atom is -0.454 e. The van der Waals surface area contributed by atoms with Gasteiger partial charge in [0.05, 0.1) is 45.1 Å². The highest BCUT2D eigenvalue weighted by atomic mass is 31.2. The van der Waals surface area contributed by atoms with Crippen LogP contribution in [-0.2, 0) is 79.6 Å². The number of rotatable bonds is 19. The van der Waals surface area contributed by atoms with Gasteiger partial charge in [-0.25, -0.2) is 4.57 Å². The number of esters is 1. The number of hydrogen-bond acceptors (Lipinski definition) is 10. The van der Waals surface area contributed by atoms with Crippen molar-refractivity contribution in [1.29, 1.82) is 0 Å². The summed E-state index contributed by atoms with van der Waals surface area (Å²) in [6, 6.07) is 47.6. The smallest absolute Gasteiger partial charge is 0.454 e. The van der Waals surface area contributed by atoms with Crippen molar-refractivity contribution < 1.29 is 46.6 Å². The molecular weight excluding hydrogens is 743 g/mol. The molecule has 0 spiro atoms. The van der Waals surface area contributed by atoms with E-state index in [1.54, 1.807) is 20.8 Å². The molecule has 3 unspecified atom stereocenters. The molecule has 1 saturated heterocycles. The first kappa shape index (κ1) is 42.1. The van der Waals surface area contributed by atoms with Crippen LogP contribution in [0.5, 0.6) is 0 Å². The lowest BCUT2D eigenvalue weighted by atomic mass is 9.95. The average molecular weight is 795 g/mol. The first-order chi connectivity index (χ1) is 27.6. The Labute approximate surface area is 335 Å². The van der Waals surface area contributed by atoms with E-state index in [9.17, 15) is 9.36 Å². The summed E-state index contributed by atoms with van der Waals surface area (Å²) in [6.07, 6.45) is -5.50. The van der Waals surface area contributed by atoms with Gasteiger partial charge in [0.25, 0.3) is 0 Å². The van der Waals surface area contributed by atoms with Crippen molar-refractivity contribution in [2.45, 2.75) is 84.5 Å². The van der Waals surface area contributed by atoms with Gasteiger partial charge in [0.2, 0.25) is 6.29 Å². The number of phosphoric ester groups is 1. The van der Waals surface area contributed by atoms with E-state index in [2.05, 4.69) is 0 Å². The van der Waals surface area contributed by atoms with Crippen LogP contribution in [0.2, 0.25) is 0 Å². The maximum atomic E-state index is 14.8. The molecule has 5 aromatic rings. The van der Waals surface area contributed by atoms with Crippen molar-refractivity contribution in [3.05, 3.63) is 179 Å². The zero-order valence-corrected chi connectivity index (χ0v) is 33.5. The van der Waals surface area contributed by atoms with Crippen LogP contribution in [0.1, 0.15) is 48.6 Å². The molecule has 1 heterocycles. The van der Waals surface area contributed by atoms with E-state index in [4.69, 9.17) is 37.3 Å². The summed E-state index contributed by atoms with van der Waals surface area (Å²) < 4.78 is 65.8. The third-order valence-corrected chi connectivity index (χ3v) is 10.5. The normalized spacial score (nSPS) is 19.9. The molecule has 0 aromatic heterocycles. The summed E-state index contributed by atoms with van der Waals surface area (Å²) in [4.78, 5) is 13.8. The SMILES string of the molecule is CC(C)(C)C(=O)O[C@@H]1C(OP(=O)(OCc2ccccc2)OCc2ccccc2)OC(COCc2ccccc2)[C@@H](OCc2ccccc2)C1OCc1ccccc1. The summed E-state index contributed by atoms with van der Waals surface area (Å²) in [7, 11) is -4.48. The minimum atomic E-state index is -4.48. The number of phosphoric acid groups is 1. The Balaban J connectivity index is 1.37. The maximum Gasteiger partial charge on any atom is 0.477 e. The van der Waals surface area contributed by atoms with Crippen molar-refractivity contribution in [3.63, 3.8) is 0 Å². The van der Waals surface area contributed by atoms with Gasteiger partial charge >= 0.3 is 13.8 Å². The molecule has 0 radical (unpaired) electrons. The van der Waals surface area contributed by atoms with E-state index in [0.717, 1.165) is 27.8 Å². The third-order valence-electron chi connectivity index (χ3n) is 9.11. The summed E-state index contributed by atoms with van der Waals surface area (Å²) in [6.45, 7) is 5.70. The van der Waals surface area contributed by atoms with Gasteiger partial charge in [-0.1, -0.05) is 152 Å². The Morgan fingerprint density at radius 3 is 1.35 bits per heavy atom. The lowest BCUT2D eigenvalue weighted by molar-refractivity contribution is -0.307. The first-order valence-electron chi connectivity index (χ1n) is 19.1. The Bertz CT molecular complexity index is 1910. The average Bonchev–Trinajstić information content (AvgIpc) is 3.23. The van der Waals surface area contributed by atoms with Gasteiger partial charge in [0.1, 0.15) is 18.3 Å². The van der Waals surface area contributed by atoms with Gasteiger partial charge < -0.3 is 23.7 Å². The zero-order chi connectivity index (χ0) is 39.9. The van der Waals surface area contributed by atoms with Crippen molar-refractivity contribution in [1.82, 2.24) is 0 Å². The number of carbonyl (C=O) groups is 1. The topological polar surface area (TPSA) is 108 Å². The van der Waals surface area contributed by atoms with Gasteiger partial charge in [0, 0.05) is 0 Å². The molecule has 57 heavy (non-hydrogen) atoms. The van der Waals surface area contributed by atoms with Gasteiger partial charge in [0.15, 0.2) is 6.10 Å². The van der Waals surface area contributed by atoms with Crippen LogP contribution in [0, 0.1) is 5.41 Å². The molecule has 0 bridgehead atoms. The number of carbonyl (C=O) groups excluding carboxylic acids is 1. The second-order valence-electron chi connectivity index (χ2n) is 14.8. The van der Waals surface area contributed by atoms with E-state index >= 15 is 0 Å². The molecule has 1 aliphatic rings. The number of hydrogen-bond donors (Lipinski definition) is 0. The third kappa shape index (κ3) is 13.0. The first-order valence-corrected chi connectivity index (χ1v) is 20.6. The van der Waals surface area contributed by atoms with Gasteiger partial charge in [-0.2, -0.15) is 0 Å². The van der Waals surface area contributed by atoms with E-state index in [1.807, 2.05) is 152 Å². The van der Waals surface area contributed by atoms with Crippen molar-refractivity contribution in [3.8, 4) is 0 Å². The highest BCUT2D eigenvalue weighted by Crippen LogP contribution is 2.54. The van der Waals surface area contributed by atoms with Crippen molar-refractivity contribution in [2.24, 2.45) is 5.41 Å². The highest BCUT2D eigenvalue weighted by Gasteiger charge is 2.53. The molecule has 1 fully saturated rings. The Morgan fingerprint density at radius 1 is 0.544 bits per heavy atom. The quantitative estimate of drug-likeness (QED) is 0.0593. The largest absolute Gasteiger partial charge is 0.477 e. The molecular formula is C46H51O10P. The molecule has 5 aromatic carbocycles.